The number of urea groups is 1. The maximum absolute atomic E-state index is 12.8. The van der Waals surface area contributed by atoms with Gasteiger partial charge in [0.15, 0.2) is 11.5 Å². The molecule has 10 nitrogen and oxygen atoms in total. The van der Waals surface area contributed by atoms with Gasteiger partial charge in [0.25, 0.3) is 0 Å². The fraction of sp³-hybridized carbons (Fsp3) is 0.222. The van der Waals surface area contributed by atoms with Gasteiger partial charge in [0, 0.05) is 47.4 Å². The second-order valence-electron chi connectivity index (χ2n) is 11.4. The third-order valence-corrected chi connectivity index (χ3v) is 9.69. The van der Waals surface area contributed by atoms with Crippen LogP contribution in [0.3, 0.4) is 0 Å². The summed E-state index contributed by atoms with van der Waals surface area (Å²) >= 11 is 23.7. The van der Waals surface area contributed by atoms with Crippen molar-refractivity contribution in [1.82, 2.24) is 25.2 Å². The third kappa shape index (κ3) is 8.41. The van der Waals surface area contributed by atoms with Crippen LogP contribution >= 0.6 is 46.4 Å². The van der Waals surface area contributed by atoms with Crippen LogP contribution in [-0.4, -0.2) is 51.8 Å². The molecule has 5 aromatic rings. The van der Waals surface area contributed by atoms with Crippen molar-refractivity contribution in [3.05, 3.63) is 116 Å². The Kier molecular flexibility index (Phi) is 11.6. The smallest absolute Gasteiger partial charge is 0.317 e. The highest BCUT2D eigenvalue weighted by Gasteiger charge is 2.28. The summed E-state index contributed by atoms with van der Waals surface area (Å²) in [6.07, 6.45) is 4.80. The van der Waals surface area contributed by atoms with Crippen LogP contribution in [0.15, 0.2) is 84.0 Å². The van der Waals surface area contributed by atoms with Crippen molar-refractivity contribution >= 4 is 58.5 Å². The van der Waals surface area contributed by atoms with Gasteiger partial charge in [-0.1, -0.05) is 70.7 Å². The summed E-state index contributed by atoms with van der Waals surface area (Å²) in [7, 11) is 0. The summed E-state index contributed by atoms with van der Waals surface area (Å²) in [6.45, 7) is 2.05. The Morgan fingerprint density at radius 3 is 2.52 bits per heavy atom. The molecule has 1 fully saturated rings. The highest BCUT2D eigenvalue weighted by molar-refractivity contribution is 6.42. The summed E-state index contributed by atoms with van der Waals surface area (Å²) in [5.74, 6) is 2.52. The van der Waals surface area contributed by atoms with Gasteiger partial charge < -0.3 is 24.7 Å². The lowest BCUT2D eigenvalue weighted by molar-refractivity contribution is 0.174. The lowest BCUT2D eigenvalue weighted by Gasteiger charge is -2.31. The van der Waals surface area contributed by atoms with Crippen LogP contribution in [0.4, 0.5) is 4.79 Å². The number of likely N-dealkylation sites (tertiary alicyclic amines) is 1. The zero-order valence-electron chi connectivity index (χ0n) is 26.5. The van der Waals surface area contributed by atoms with Crippen molar-refractivity contribution in [2.45, 2.75) is 31.8 Å². The molecule has 4 heterocycles. The van der Waals surface area contributed by atoms with Crippen LogP contribution in [0.1, 0.15) is 35.7 Å². The number of imidazole rings is 1. The number of aromatic nitrogens is 3. The number of rotatable bonds is 7. The molecule has 2 amide bonds. The largest absolute Gasteiger partial charge is 0.454 e. The molecule has 1 saturated heterocycles. The molecule has 0 unspecified atom stereocenters. The highest BCUT2D eigenvalue weighted by atomic mass is 35.5. The third-order valence-electron chi connectivity index (χ3n) is 8.25. The number of nitrogens with one attached hydrogen (secondary N) is 2. The molecule has 0 spiro atoms. The molecule has 3 aromatic carbocycles. The van der Waals surface area contributed by atoms with Gasteiger partial charge in [-0.2, -0.15) is 0 Å². The minimum Gasteiger partial charge on any atom is -0.454 e. The number of halogens is 4. The molecule has 50 heavy (non-hydrogen) atoms. The van der Waals surface area contributed by atoms with E-state index in [1.807, 2.05) is 47.4 Å². The van der Waals surface area contributed by atoms with E-state index in [9.17, 15) is 9.59 Å². The minimum absolute atomic E-state index is 0.107. The van der Waals surface area contributed by atoms with Gasteiger partial charge in [-0.3, -0.25) is 4.98 Å². The number of hydrogen-bond acceptors (Lipinski definition) is 7. The average molecular weight is 752 g/mol. The first-order valence-electron chi connectivity index (χ1n) is 15.6. The summed E-state index contributed by atoms with van der Waals surface area (Å²) in [6, 6.07) is 22.0. The van der Waals surface area contributed by atoms with E-state index >= 15 is 0 Å². The molecular weight excluding hydrogens is 722 g/mol. The van der Waals surface area contributed by atoms with Crippen molar-refractivity contribution in [2.75, 3.05) is 19.9 Å². The van der Waals surface area contributed by atoms with Gasteiger partial charge in [0.2, 0.25) is 12.9 Å². The van der Waals surface area contributed by atoms with E-state index in [1.165, 1.54) is 6.08 Å². The van der Waals surface area contributed by atoms with E-state index in [0.29, 0.717) is 45.5 Å². The van der Waals surface area contributed by atoms with E-state index < -0.39 is 0 Å². The lowest BCUT2D eigenvalue weighted by Crippen LogP contribution is -2.44. The number of carbonyl (C=O) groups excluding carboxylic acids is 2. The predicted molar refractivity (Wildman–Crippen MR) is 194 cm³/mol. The second kappa shape index (κ2) is 16.4. The van der Waals surface area contributed by atoms with Crippen molar-refractivity contribution in [2.24, 2.45) is 4.99 Å². The summed E-state index contributed by atoms with van der Waals surface area (Å²) in [5, 5.41) is 4.98. The van der Waals surface area contributed by atoms with Crippen LogP contribution in [0.5, 0.6) is 11.5 Å². The van der Waals surface area contributed by atoms with E-state index in [2.05, 4.69) is 20.3 Å². The van der Waals surface area contributed by atoms with Crippen LogP contribution in [-0.2, 0) is 17.9 Å². The first kappa shape index (κ1) is 35.3. The first-order valence-corrected chi connectivity index (χ1v) is 17.2. The van der Waals surface area contributed by atoms with Crippen molar-refractivity contribution in [3.63, 3.8) is 0 Å². The Morgan fingerprint density at radius 2 is 1.76 bits per heavy atom. The van der Waals surface area contributed by atoms with Gasteiger partial charge in [0.1, 0.15) is 5.82 Å². The van der Waals surface area contributed by atoms with Gasteiger partial charge in [0.05, 0.1) is 33.7 Å². The molecule has 14 heteroatoms. The number of aliphatic imine (C=N–C) groups is 1. The first-order chi connectivity index (χ1) is 24.3. The summed E-state index contributed by atoms with van der Waals surface area (Å²) < 4.78 is 11.1. The number of carbonyl (C=O) groups is 1. The SMILES string of the molecule is O=C(NCc1ccc(Cl)cc1Cl)N1CCC(c2nc(-c3ccc4c(c3)OCO4)c(-c3ccccn3)[nH]2)CC1.O=C=NCc1cccc(Cl)c1Cl. The maximum Gasteiger partial charge on any atom is 0.317 e. The molecule has 0 atom stereocenters. The number of piperidine rings is 1. The molecule has 2 N–H and O–H groups in total. The quantitative estimate of drug-likeness (QED) is 0.126. The number of hydrogen-bond donors (Lipinski definition) is 2. The summed E-state index contributed by atoms with van der Waals surface area (Å²) in [4.78, 5) is 41.0. The number of fused-ring (bicyclic) bond motifs is 1. The fourth-order valence-electron chi connectivity index (χ4n) is 5.63. The number of benzene rings is 3. The Hall–Kier alpha value is -4.57. The van der Waals surface area contributed by atoms with Gasteiger partial charge in [-0.15, -0.1) is 0 Å². The molecule has 0 radical (unpaired) electrons. The summed E-state index contributed by atoms with van der Waals surface area (Å²) in [5.41, 5.74) is 4.98. The van der Waals surface area contributed by atoms with Crippen LogP contribution in [0.2, 0.25) is 20.1 Å². The second-order valence-corrected chi connectivity index (χ2v) is 13.0. The molecule has 2 aliphatic rings. The number of ether oxygens (including phenoxy) is 2. The maximum atomic E-state index is 12.8. The van der Waals surface area contributed by atoms with E-state index in [1.54, 1.807) is 36.5 Å². The van der Waals surface area contributed by atoms with Crippen LogP contribution < -0.4 is 14.8 Å². The molecule has 2 aliphatic heterocycles. The molecule has 0 aliphatic carbocycles. The average Bonchev–Trinajstić information content (AvgIpc) is 3.80. The zero-order chi connectivity index (χ0) is 35.0. The Balaban J connectivity index is 0.000000306. The molecule has 7 rings (SSSR count). The standard InChI is InChI=1S/C28H25Cl2N5O3.C8H5Cl2NO/c29-20-6-4-19(21(30)14-20)15-32-28(36)35-11-8-17(9-12-35)27-33-25(26(34-27)22-3-1-2-10-31-22)18-5-7-23-24(13-18)38-16-37-23;9-7-3-1-2-6(8(7)10)4-11-5-12/h1-7,10,13-14,17H,8-9,11-12,15-16H2,(H,32,36)(H,33,34);1-3H,4H2. The molecule has 256 valence electrons. The van der Waals surface area contributed by atoms with E-state index in [4.69, 9.17) is 60.9 Å². The highest BCUT2D eigenvalue weighted by Crippen LogP contribution is 2.39. The topological polar surface area (TPSA) is 122 Å². The number of isocyanates is 1. The van der Waals surface area contributed by atoms with Gasteiger partial charge in [-0.25, -0.2) is 19.6 Å². The zero-order valence-corrected chi connectivity index (χ0v) is 29.5. The normalized spacial score (nSPS) is 13.6. The Labute approximate surface area is 308 Å². The number of H-pyrrole nitrogens is 1. The monoisotopic (exact) mass is 750 g/mol. The van der Waals surface area contributed by atoms with Crippen LogP contribution in [0.25, 0.3) is 22.6 Å². The molecule has 2 aromatic heterocycles. The molecular formula is C36H30Cl4N6O4. The number of pyridine rings is 1. The van der Waals surface area contributed by atoms with Crippen molar-refractivity contribution in [3.8, 4) is 34.1 Å². The Morgan fingerprint density at radius 1 is 0.940 bits per heavy atom. The van der Waals surface area contributed by atoms with Gasteiger partial charge in [-0.05, 0) is 72.5 Å². The van der Waals surface area contributed by atoms with Crippen LogP contribution in [0, 0.1) is 0 Å². The number of nitrogens with zero attached hydrogens (tertiary/aromatic N) is 4. The molecule has 0 bridgehead atoms. The van der Waals surface area contributed by atoms with E-state index in [-0.39, 0.29) is 25.3 Å². The predicted octanol–water partition coefficient (Wildman–Crippen LogP) is 9.09. The fourth-order valence-corrected chi connectivity index (χ4v) is 6.48. The van der Waals surface area contributed by atoms with E-state index in [0.717, 1.165) is 58.2 Å². The minimum atomic E-state index is -0.107. The molecule has 0 saturated carbocycles. The number of amides is 2. The van der Waals surface area contributed by atoms with Gasteiger partial charge >= 0.3 is 6.03 Å². The Bertz CT molecular complexity index is 2030. The van der Waals surface area contributed by atoms with Crippen molar-refractivity contribution in [1.29, 1.82) is 0 Å². The lowest BCUT2D eigenvalue weighted by atomic mass is 9.96. The van der Waals surface area contributed by atoms with Crippen molar-refractivity contribution < 1.29 is 19.1 Å². The number of aromatic amines is 1.